The Labute approximate surface area is 137 Å². The van der Waals surface area contributed by atoms with Gasteiger partial charge >= 0.3 is 0 Å². The van der Waals surface area contributed by atoms with Gasteiger partial charge in [-0.15, -0.1) is 0 Å². The molecule has 21 heavy (non-hydrogen) atoms. The van der Waals surface area contributed by atoms with Crippen molar-refractivity contribution in [3.63, 3.8) is 0 Å². The molecule has 1 N–H and O–H groups in total. The van der Waals surface area contributed by atoms with Gasteiger partial charge in [0.25, 0.3) is 0 Å². The van der Waals surface area contributed by atoms with E-state index in [0.29, 0.717) is 16.7 Å². The number of carbonyl (C=O) groups is 1. The summed E-state index contributed by atoms with van der Waals surface area (Å²) >= 11 is 4.03. The molecule has 4 heteroatoms. The summed E-state index contributed by atoms with van der Waals surface area (Å²) < 4.78 is 0.199. The molecule has 0 radical (unpaired) electrons. The zero-order valence-corrected chi connectivity index (χ0v) is 15.5. The van der Waals surface area contributed by atoms with Crippen LogP contribution >= 0.6 is 15.9 Å². The zero-order chi connectivity index (χ0) is 15.5. The van der Waals surface area contributed by atoms with Crippen LogP contribution in [0.15, 0.2) is 0 Å². The van der Waals surface area contributed by atoms with Gasteiger partial charge in [-0.25, -0.2) is 0 Å². The molecule has 0 saturated heterocycles. The van der Waals surface area contributed by atoms with Crippen molar-refractivity contribution in [3.05, 3.63) is 0 Å². The van der Waals surface area contributed by atoms with Gasteiger partial charge in [-0.1, -0.05) is 29.8 Å². The monoisotopic (exact) mass is 356 g/mol. The molecule has 4 atom stereocenters. The lowest BCUT2D eigenvalue weighted by Crippen LogP contribution is -2.64. The van der Waals surface area contributed by atoms with Crippen LogP contribution in [-0.2, 0) is 4.79 Å². The van der Waals surface area contributed by atoms with E-state index in [0.717, 1.165) is 32.4 Å². The molecule has 2 unspecified atom stereocenters. The second-order valence-electron chi connectivity index (χ2n) is 9.17. The van der Waals surface area contributed by atoms with E-state index < -0.39 is 0 Å². The Balaban J connectivity index is 1.79. The number of halogens is 1. The first kappa shape index (κ1) is 15.8. The molecular formula is C17H29BrN2O. The van der Waals surface area contributed by atoms with Gasteiger partial charge in [-0.2, -0.15) is 0 Å². The first-order valence-electron chi connectivity index (χ1n) is 8.20. The van der Waals surface area contributed by atoms with Crippen molar-refractivity contribution in [3.8, 4) is 0 Å². The molecule has 4 fully saturated rings. The third-order valence-corrected chi connectivity index (χ3v) is 6.69. The molecule has 4 aliphatic carbocycles. The number of nitrogens with zero attached hydrogens (tertiary/aromatic N) is 1. The van der Waals surface area contributed by atoms with Crippen LogP contribution in [0.3, 0.4) is 0 Å². The lowest BCUT2D eigenvalue weighted by atomic mass is 9.40. The van der Waals surface area contributed by atoms with Gasteiger partial charge in [0.2, 0.25) is 5.91 Å². The highest BCUT2D eigenvalue weighted by molar-refractivity contribution is 9.10. The number of alkyl halides is 1. The Morgan fingerprint density at radius 3 is 2.10 bits per heavy atom. The maximum absolute atomic E-state index is 13.0. The van der Waals surface area contributed by atoms with E-state index in [1.54, 1.807) is 0 Å². The van der Waals surface area contributed by atoms with E-state index in [2.05, 4.69) is 40.0 Å². The van der Waals surface area contributed by atoms with Crippen molar-refractivity contribution in [1.29, 1.82) is 0 Å². The molecule has 0 heterocycles. The highest BCUT2D eigenvalue weighted by atomic mass is 79.9. The van der Waals surface area contributed by atoms with Gasteiger partial charge in [-0.3, -0.25) is 4.79 Å². The van der Waals surface area contributed by atoms with Gasteiger partial charge in [0.1, 0.15) is 0 Å². The van der Waals surface area contributed by atoms with Crippen molar-refractivity contribution in [2.45, 2.75) is 56.7 Å². The van der Waals surface area contributed by atoms with Crippen LogP contribution in [-0.4, -0.2) is 42.3 Å². The van der Waals surface area contributed by atoms with Gasteiger partial charge in [-0.05, 0) is 63.5 Å². The summed E-state index contributed by atoms with van der Waals surface area (Å²) in [5, 5.41) is 3.22. The van der Waals surface area contributed by atoms with E-state index in [4.69, 9.17) is 0 Å². The van der Waals surface area contributed by atoms with Crippen LogP contribution in [0.2, 0.25) is 0 Å². The molecule has 0 aliphatic heterocycles. The quantitative estimate of drug-likeness (QED) is 0.784. The number of hydrogen-bond acceptors (Lipinski definition) is 2. The van der Waals surface area contributed by atoms with Crippen LogP contribution in [0.5, 0.6) is 0 Å². The molecule has 4 saturated carbocycles. The number of nitrogens with one attached hydrogen (secondary N) is 1. The predicted octanol–water partition coefficient (Wildman–Crippen LogP) is 3.18. The van der Waals surface area contributed by atoms with Crippen molar-refractivity contribution in [2.75, 3.05) is 27.2 Å². The summed E-state index contributed by atoms with van der Waals surface area (Å²) in [6.07, 6.45) is 6.96. The molecule has 4 aliphatic rings. The maximum atomic E-state index is 13.0. The fraction of sp³-hybridized carbons (Fsp3) is 0.941. The van der Waals surface area contributed by atoms with E-state index in [1.165, 1.54) is 19.3 Å². The molecular weight excluding hydrogens is 328 g/mol. The fourth-order valence-electron chi connectivity index (χ4n) is 6.37. The molecule has 3 nitrogen and oxygen atoms in total. The smallest absolute Gasteiger partial charge is 0.226 e. The van der Waals surface area contributed by atoms with E-state index >= 15 is 0 Å². The van der Waals surface area contributed by atoms with Gasteiger partial charge in [0.15, 0.2) is 0 Å². The van der Waals surface area contributed by atoms with Gasteiger partial charge in [0, 0.05) is 17.4 Å². The topological polar surface area (TPSA) is 32.3 Å². The average Bonchev–Trinajstić information content (AvgIpc) is 2.21. The molecule has 120 valence electrons. The Bertz CT molecular complexity index is 408. The minimum Gasteiger partial charge on any atom is -0.354 e. The maximum Gasteiger partial charge on any atom is 0.226 e. The highest BCUT2D eigenvalue weighted by Gasteiger charge is 2.67. The molecule has 0 aromatic carbocycles. The van der Waals surface area contributed by atoms with Crippen molar-refractivity contribution in [2.24, 2.45) is 16.2 Å². The van der Waals surface area contributed by atoms with Crippen LogP contribution in [0, 0.1) is 16.2 Å². The number of hydrogen-bond donors (Lipinski definition) is 1. The summed E-state index contributed by atoms with van der Waals surface area (Å²) in [5.41, 5.74) is 0.547. The summed E-state index contributed by atoms with van der Waals surface area (Å²) in [7, 11) is 4.10. The lowest BCUT2D eigenvalue weighted by molar-refractivity contribution is -0.163. The van der Waals surface area contributed by atoms with Crippen LogP contribution < -0.4 is 5.32 Å². The molecule has 0 spiro atoms. The summed E-state index contributed by atoms with van der Waals surface area (Å²) in [6, 6.07) is 0. The number of amides is 1. The van der Waals surface area contributed by atoms with Crippen molar-refractivity contribution in [1.82, 2.24) is 10.2 Å². The van der Waals surface area contributed by atoms with Crippen LogP contribution in [0.4, 0.5) is 0 Å². The molecule has 1 amide bonds. The normalized spacial score (nSPS) is 47.9. The number of likely N-dealkylation sites (N-methyl/N-ethyl adjacent to an activating group) is 1. The van der Waals surface area contributed by atoms with Crippen molar-refractivity contribution >= 4 is 21.8 Å². The number of rotatable bonds is 4. The SMILES string of the molecule is CN(C)CCNC(=O)C12CC3(Br)C[C@@](C)(C1)C[C@](C)(C3)C2. The third-order valence-electron chi connectivity index (χ3n) is 5.85. The minimum absolute atomic E-state index is 0.131. The molecule has 0 aromatic rings. The summed E-state index contributed by atoms with van der Waals surface area (Å²) in [4.78, 5) is 15.1. The highest BCUT2D eigenvalue weighted by Crippen LogP contribution is 2.72. The van der Waals surface area contributed by atoms with Crippen LogP contribution in [0.1, 0.15) is 52.4 Å². The van der Waals surface area contributed by atoms with E-state index in [9.17, 15) is 4.79 Å². The van der Waals surface area contributed by atoms with E-state index in [-0.39, 0.29) is 9.74 Å². The van der Waals surface area contributed by atoms with Gasteiger partial charge < -0.3 is 10.2 Å². The van der Waals surface area contributed by atoms with Gasteiger partial charge in [0.05, 0.1) is 5.41 Å². The van der Waals surface area contributed by atoms with Crippen molar-refractivity contribution < 1.29 is 4.79 Å². The Hall–Kier alpha value is -0.0900. The standard InChI is InChI=1S/C17H29BrN2O/c1-14-7-15(2)9-16(8-14,12-17(18,10-14)11-15)13(21)19-5-6-20(3)4/h5-12H2,1-4H3,(H,19,21)/t14-,15+,16?,17?. The second-order valence-corrected chi connectivity index (χ2v) is 10.9. The molecule has 4 rings (SSSR count). The fourth-order valence-corrected chi connectivity index (χ4v) is 8.26. The summed E-state index contributed by atoms with van der Waals surface area (Å²) in [5.74, 6) is 0.310. The molecule has 0 aromatic heterocycles. The minimum atomic E-state index is -0.131. The zero-order valence-electron chi connectivity index (χ0n) is 13.9. The first-order valence-corrected chi connectivity index (χ1v) is 8.99. The molecule has 4 bridgehead atoms. The Kier molecular flexibility index (Phi) is 3.54. The summed E-state index contributed by atoms with van der Waals surface area (Å²) in [6.45, 7) is 6.48. The van der Waals surface area contributed by atoms with E-state index in [1.807, 2.05) is 14.1 Å². The van der Waals surface area contributed by atoms with Crippen LogP contribution in [0.25, 0.3) is 0 Å². The first-order chi connectivity index (χ1) is 9.58. The lowest BCUT2D eigenvalue weighted by Gasteiger charge is -2.67. The Morgan fingerprint density at radius 1 is 1.05 bits per heavy atom. The largest absolute Gasteiger partial charge is 0.354 e. The predicted molar refractivity (Wildman–Crippen MR) is 89.6 cm³/mol. The number of carbonyl (C=O) groups excluding carboxylic acids is 1. The second kappa shape index (κ2) is 4.70. The average molecular weight is 357 g/mol. The third kappa shape index (κ3) is 2.78. The Morgan fingerprint density at radius 2 is 1.62 bits per heavy atom.